The van der Waals surface area contributed by atoms with Gasteiger partial charge in [-0.1, -0.05) is 0 Å². The fourth-order valence-electron chi connectivity index (χ4n) is 2.81. The van der Waals surface area contributed by atoms with E-state index < -0.39 is 0 Å². The lowest BCUT2D eigenvalue weighted by Crippen LogP contribution is -2.34. The molecule has 0 atom stereocenters. The monoisotopic (exact) mass is 351 g/mol. The van der Waals surface area contributed by atoms with Gasteiger partial charge in [0.2, 0.25) is 0 Å². The fourth-order valence-corrected chi connectivity index (χ4v) is 2.81. The van der Waals surface area contributed by atoms with Crippen molar-refractivity contribution in [2.24, 2.45) is 5.73 Å². The molecule has 26 heavy (non-hydrogen) atoms. The summed E-state index contributed by atoms with van der Waals surface area (Å²) >= 11 is 0. The van der Waals surface area contributed by atoms with Crippen LogP contribution in [0.1, 0.15) is 10.5 Å². The average molecular weight is 351 g/mol. The van der Waals surface area contributed by atoms with E-state index in [1.807, 2.05) is 47.2 Å². The van der Waals surface area contributed by atoms with Gasteiger partial charge in [-0.2, -0.15) is 0 Å². The van der Waals surface area contributed by atoms with Gasteiger partial charge in [-0.05, 0) is 43.4 Å². The number of nitrogens with two attached hydrogens (primary N) is 1. The molecule has 0 saturated heterocycles. The van der Waals surface area contributed by atoms with Gasteiger partial charge in [-0.3, -0.25) is 4.79 Å². The second kappa shape index (κ2) is 7.79. The summed E-state index contributed by atoms with van der Waals surface area (Å²) in [4.78, 5) is 20.9. The molecule has 3 heterocycles. The molecule has 4 rings (SSSR count). The van der Waals surface area contributed by atoms with Gasteiger partial charge >= 0.3 is 0 Å². The number of methoxy groups -OCH3 is 1. The summed E-state index contributed by atoms with van der Waals surface area (Å²) in [6.45, 7) is 1.43. The molecule has 0 spiro atoms. The highest BCUT2D eigenvalue weighted by Crippen LogP contribution is 2.25. The molecule has 0 fully saturated rings. The Balaban J connectivity index is 0.000000948. The molecule has 7 nitrogen and oxygen atoms in total. The van der Waals surface area contributed by atoms with Gasteiger partial charge in [0.15, 0.2) is 5.82 Å². The first-order chi connectivity index (χ1) is 12.7. The molecule has 1 aromatic carbocycles. The van der Waals surface area contributed by atoms with Crippen molar-refractivity contribution >= 4 is 5.91 Å². The van der Waals surface area contributed by atoms with E-state index in [2.05, 4.69) is 21.0 Å². The van der Waals surface area contributed by atoms with E-state index in [1.165, 1.54) is 7.05 Å². The lowest BCUT2D eigenvalue weighted by molar-refractivity contribution is 0.0928. The number of hydrogen-bond acceptors (Lipinski definition) is 5. The minimum absolute atomic E-state index is 0.0445. The third-order valence-electron chi connectivity index (χ3n) is 4.07. The van der Waals surface area contributed by atoms with Gasteiger partial charge in [0, 0.05) is 36.6 Å². The standard InChI is InChI=1S/C18H16N4O2.CH5N/c1-24-14-4-2-12(3-5-14)17-19-7-6-15(21-17)13-10-16-18(23)20-8-9-22(16)11-13;1-2/h2-7,10-11H,8-9H2,1H3,(H,20,23);2H2,1H3. The highest BCUT2D eigenvalue weighted by molar-refractivity contribution is 5.94. The van der Waals surface area contributed by atoms with E-state index in [1.54, 1.807) is 13.3 Å². The van der Waals surface area contributed by atoms with Crippen LogP contribution >= 0.6 is 0 Å². The van der Waals surface area contributed by atoms with Crippen LogP contribution in [-0.4, -0.2) is 41.1 Å². The van der Waals surface area contributed by atoms with Crippen molar-refractivity contribution in [3.8, 4) is 28.4 Å². The third-order valence-corrected chi connectivity index (χ3v) is 4.07. The Hall–Kier alpha value is -3.19. The summed E-state index contributed by atoms with van der Waals surface area (Å²) in [5.41, 5.74) is 7.80. The van der Waals surface area contributed by atoms with Crippen LogP contribution in [0, 0.1) is 0 Å². The van der Waals surface area contributed by atoms with Crippen molar-refractivity contribution in [1.82, 2.24) is 19.9 Å². The number of nitrogens with zero attached hydrogens (tertiary/aromatic N) is 3. The second-order valence-electron chi connectivity index (χ2n) is 5.56. The molecular formula is C19H21N5O2. The van der Waals surface area contributed by atoms with Crippen LogP contribution in [0.25, 0.3) is 22.6 Å². The first-order valence-electron chi connectivity index (χ1n) is 8.28. The quantitative estimate of drug-likeness (QED) is 0.752. The van der Waals surface area contributed by atoms with Gasteiger partial charge < -0.3 is 20.4 Å². The molecule has 1 aliphatic rings. The van der Waals surface area contributed by atoms with Gasteiger partial charge in [0.1, 0.15) is 11.4 Å². The third kappa shape index (κ3) is 3.43. The van der Waals surface area contributed by atoms with E-state index in [0.29, 0.717) is 18.1 Å². The zero-order valence-electron chi connectivity index (χ0n) is 14.8. The smallest absolute Gasteiger partial charge is 0.267 e. The summed E-state index contributed by atoms with van der Waals surface area (Å²) in [7, 11) is 3.14. The van der Waals surface area contributed by atoms with E-state index in [0.717, 1.165) is 29.1 Å². The number of ether oxygens (including phenoxy) is 1. The maximum absolute atomic E-state index is 11.9. The van der Waals surface area contributed by atoms with Gasteiger partial charge in [0.25, 0.3) is 5.91 Å². The Morgan fingerprint density at radius 1 is 1.15 bits per heavy atom. The predicted molar refractivity (Wildman–Crippen MR) is 99.9 cm³/mol. The zero-order chi connectivity index (χ0) is 18.5. The molecule has 0 radical (unpaired) electrons. The number of nitrogens with one attached hydrogen (secondary N) is 1. The molecule has 1 aliphatic heterocycles. The first kappa shape index (κ1) is 17.6. The Kier molecular flexibility index (Phi) is 5.28. The van der Waals surface area contributed by atoms with E-state index in [-0.39, 0.29) is 5.91 Å². The Bertz CT molecular complexity index is 903. The van der Waals surface area contributed by atoms with E-state index in [9.17, 15) is 4.79 Å². The van der Waals surface area contributed by atoms with Crippen molar-refractivity contribution < 1.29 is 9.53 Å². The predicted octanol–water partition coefficient (Wildman–Crippen LogP) is 1.94. The zero-order valence-corrected chi connectivity index (χ0v) is 14.8. The van der Waals surface area contributed by atoms with Gasteiger partial charge in [-0.25, -0.2) is 9.97 Å². The van der Waals surface area contributed by atoms with Gasteiger partial charge in [-0.15, -0.1) is 0 Å². The average Bonchev–Trinajstić information content (AvgIpc) is 3.16. The van der Waals surface area contributed by atoms with E-state index >= 15 is 0 Å². The molecule has 0 bridgehead atoms. The second-order valence-corrected chi connectivity index (χ2v) is 5.56. The number of fused-ring (bicyclic) bond motifs is 1. The van der Waals surface area contributed by atoms with Crippen molar-refractivity contribution in [1.29, 1.82) is 0 Å². The van der Waals surface area contributed by atoms with Crippen LogP contribution < -0.4 is 15.8 Å². The summed E-state index contributed by atoms with van der Waals surface area (Å²) < 4.78 is 7.13. The van der Waals surface area contributed by atoms with Crippen LogP contribution in [0.4, 0.5) is 0 Å². The molecular weight excluding hydrogens is 330 g/mol. The summed E-state index contributed by atoms with van der Waals surface area (Å²) in [6, 6.07) is 11.3. The SMILES string of the molecule is CN.COc1ccc(-c2nccc(-c3cc4n(c3)CCNC4=O)n2)cc1. The largest absolute Gasteiger partial charge is 0.497 e. The van der Waals surface area contributed by atoms with Gasteiger partial charge in [0.05, 0.1) is 12.8 Å². The molecule has 134 valence electrons. The number of hydrogen-bond donors (Lipinski definition) is 2. The van der Waals surface area contributed by atoms with Crippen LogP contribution in [0.15, 0.2) is 48.8 Å². The first-order valence-corrected chi connectivity index (χ1v) is 8.28. The Morgan fingerprint density at radius 3 is 2.62 bits per heavy atom. The van der Waals surface area contributed by atoms with E-state index in [4.69, 9.17) is 4.74 Å². The molecule has 0 saturated carbocycles. The maximum atomic E-state index is 11.9. The van der Waals surface area contributed by atoms with Crippen molar-refractivity contribution in [2.45, 2.75) is 6.54 Å². The Labute approximate surface area is 151 Å². The molecule has 3 N–H and O–H groups in total. The lowest BCUT2D eigenvalue weighted by Gasteiger charge is -2.14. The Morgan fingerprint density at radius 2 is 1.92 bits per heavy atom. The topological polar surface area (TPSA) is 95.1 Å². The summed E-state index contributed by atoms with van der Waals surface area (Å²) in [5, 5.41) is 2.85. The molecule has 1 amide bonds. The summed E-state index contributed by atoms with van der Waals surface area (Å²) in [6.07, 6.45) is 3.70. The molecule has 2 aromatic heterocycles. The van der Waals surface area contributed by atoms with Crippen molar-refractivity contribution in [2.75, 3.05) is 20.7 Å². The molecule has 7 heteroatoms. The van der Waals surface area contributed by atoms with Crippen LogP contribution in [-0.2, 0) is 6.54 Å². The van der Waals surface area contributed by atoms with Crippen LogP contribution in [0.2, 0.25) is 0 Å². The van der Waals surface area contributed by atoms with Crippen LogP contribution in [0.5, 0.6) is 5.75 Å². The highest BCUT2D eigenvalue weighted by atomic mass is 16.5. The molecule has 0 aliphatic carbocycles. The number of carbonyl (C=O) groups is 1. The minimum atomic E-state index is -0.0445. The normalized spacial score (nSPS) is 12.5. The molecule has 3 aromatic rings. The maximum Gasteiger partial charge on any atom is 0.267 e. The number of benzene rings is 1. The fraction of sp³-hybridized carbons (Fsp3) is 0.211. The number of rotatable bonds is 3. The van der Waals surface area contributed by atoms with Crippen molar-refractivity contribution in [3.05, 3.63) is 54.5 Å². The highest BCUT2D eigenvalue weighted by Gasteiger charge is 2.18. The molecule has 0 unspecified atom stereocenters. The van der Waals surface area contributed by atoms with Crippen molar-refractivity contribution in [3.63, 3.8) is 0 Å². The summed E-state index contributed by atoms with van der Waals surface area (Å²) in [5.74, 6) is 1.39. The lowest BCUT2D eigenvalue weighted by atomic mass is 10.2. The van der Waals surface area contributed by atoms with Crippen LogP contribution in [0.3, 0.4) is 0 Å². The number of amides is 1. The minimum Gasteiger partial charge on any atom is -0.497 e. The number of carbonyl (C=O) groups excluding carboxylic acids is 1. The number of aromatic nitrogens is 3.